The lowest BCUT2D eigenvalue weighted by Gasteiger charge is -2.07. The summed E-state index contributed by atoms with van der Waals surface area (Å²) in [5.41, 5.74) is 2.26. The molecule has 28 heavy (non-hydrogen) atoms. The number of nitrogens with zero attached hydrogens (tertiary/aromatic N) is 2. The molecule has 1 N–H and O–H groups in total. The molecule has 0 radical (unpaired) electrons. The van der Waals surface area contributed by atoms with Crippen LogP contribution in [0.4, 0.5) is 5.13 Å². The van der Waals surface area contributed by atoms with Gasteiger partial charge in [-0.3, -0.25) is 10.1 Å². The number of thiazole rings is 1. The van der Waals surface area contributed by atoms with E-state index in [0.29, 0.717) is 16.4 Å². The van der Waals surface area contributed by atoms with Gasteiger partial charge in [0, 0.05) is 11.0 Å². The molecule has 0 atom stereocenters. The molecule has 2 aromatic heterocycles. The largest absolute Gasteiger partial charge is 0.497 e. The number of nitrogens with one attached hydrogen (secondary N) is 1. The van der Waals surface area contributed by atoms with Crippen LogP contribution in [0.5, 0.6) is 5.75 Å². The van der Waals surface area contributed by atoms with Crippen LogP contribution in [0.25, 0.3) is 10.2 Å². The van der Waals surface area contributed by atoms with Gasteiger partial charge in [0.05, 0.1) is 34.3 Å². The molecule has 2 aromatic carbocycles. The Balaban J connectivity index is 1.51. The summed E-state index contributed by atoms with van der Waals surface area (Å²) in [5.74, 6) is 1.95. The number of carbonyl (C=O) groups is 1. The fraction of sp³-hybridized carbons (Fsp3) is 0.150. The quantitative estimate of drug-likeness (QED) is 0.442. The van der Waals surface area contributed by atoms with E-state index < -0.39 is 0 Å². The van der Waals surface area contributed by atoms with Crippen LogP contribution in [0.3, 0.4) is 0 Å². The van der Waals surface area contributed by atoms with Gasteiger partial charge in [-0.25, -0.2) is 4.98 Å². The van der Waals surface area contributed by atoms with Gasteiger partial charge in [-0.1, -0.05) is 28.6 Å². The maximum Gasteiger partial charge on any atom is 0.258 e. The summed E-state index contributed by atoms with van der Waals surface area (Å²) in [5, 5.41) is 7.35. The SMILES string of the molecule is COc1ccc2nc(NC(=O)c3ccccc3SCc3cc(C)no3)sc2c1. The number of aryl methyl sites for hydroxylation is 1. The summed E-state index contributed by atoms with van der Waals surface area (Å²) in [6.07, 6.45) is 0. The molecule has 4 rings (SSSR count). The molecule has 6 nitrogen and oxygen atoms in total. The summed E-state index contributed by atoms with van der Waals surface area (Å²) >= 11 is 2.95. The van der Waals surface area contributed by atoms with Gasteiger partial charge in [-0.05, 0) is 37.3 Å². The number of amides is 1. The topological polar surface area (TPSA) is 77.2 Å². The highest BCUT2D eigenvalue weighted by Gasteiger charge is 2.15. The van der Waals surface area contributed by atoms with Gasteiger partial charge in [0.1, 0.15) is 11.5 Å². The smallest absolute Gasteiger partial charge is 0.258 e. The van der Waals surface area contributed by atoms with E-state index in [1.807, 2.05) is 49.4 Å². The lowest BCUT2D eigenvalue weighted by atomic mass is 10.2. The Hall–Kier alpha value is -2.84. The minimum absolute atomic E-state index is 0.192. The molecule has 0 unspecified atom stereocenters. The fourth-order valence-electron chi connectivity index (χ4n) is 2.66. The Morgan fingerprint density at radius 3 is 2.89 bits per heavy atom. The Labute approximate surface area is 169 Å². The van der Waals surface area contributed by atoms with Crippen molar-refractivity contribution in [1.29, 1.82) is 0 Å². The fourth-order valence-corrected chi connectivity index (χ4v) is 4.48. The van der Waals surface area contributed by atoms with Crippen LogP contribution in [0, 0.1) is 6.92 Å². The third kappa shape index (κ3) is 4.02. The molecule has 2 heterocycles. The third-order valence-corrected chi connectivity index (χ3v) is 6.02. The summed E-state index contributed by atoms with van der Waals surface area (Å²) in [6.45, 7) is 1.88. The maximum atomic E-state index is 12.8. The van der Waals surface area contributed by atoms with E-state index >= 15 is 0 Å². The van der Waals surface area contributed by atoms with Gasteiger partial charge in [0.15, 0.2) is 5.13 Å². The molecule has 0 bridgehead atoms. The van der Waals surface area contributed by atoms with Crippen molar-refractivity contribution in [2.75, 3.05) is 12.4 Å². The lowest BCUT2D eigenvalue weighted by Crippen LogP contribution is -2.12. The van der Waals surface area contributed by atoms with E-state index in [4.69, 9.17) is 9.26 Å². The van der Waals surface area contributed by atoms with Crippen molar-refractivity contribution in [3.63, 3.8) is 0 Å². The number of methoxy groups -OCH3 is 1. The van der Waals surface area contributed by atoms with Crippen LogP contribution in [-0.2, 0) is 5.75 Å². The third-order valence-electron chi connectivity index (χ3n) is 3.99. The minimum Gasteiger partial charge on any atom is -0.497 e. The van der Waals surface area contributed by atoms with E-state index in [1.165, 1.54) is 23.1 Å². The molecular formula is C20H17N3O3S2. The Morgan fingerprint density at radius 2 is 2.11 bits per heavy atom. The van der Waals surface area contributed by atoms with E-state index in [1.54, 1.807) is 13.2 Å². The zero-order valence-corrected chi connectivity index (χ0v) is 16.9. The van der Waals surface area contributed by atoms with Gasteiger partial charge in [0.2, 0.25) is 0 Å². The number of aromatic nitrogens is 2. The van der Waals surface area contributed by atoms with E-state index in [2.05, 4.69) is 15.5 Å². The van der Waals surface area contributed by atoms with Crippen LogP contribution in [0.2, 0.25) is 0 Å². The number of benzene rings is 2. The Kier molecular flexibility index (Phi) is 5.31. The molecule has 0 saturated heterocycles. The van der Waals surface area contributed by atoms with Gasteiger partial charge >= 0.3 is 0 Å². The molecule has 0 fully saturated rings. The standard InChI is InChI=1S/C20H17N3O3S2/c1-12-9-14(26-23-12)11-27-17-6-4-3-5-15(17)19(24)22-20-21-16-8-7-13(25-2)10-18(16)28-20/h3-10H,11H2,1-2H3,(H,21,22,24). The summed E-state index contributed by atoms with van der Waals surface area (Å²) in [7, 11) is 1.62. The number of hydrogen-bond donors (Lipinski definition) is 1. The van der Waals surface area contributed by atoms with E-state index in [0.717, 1.165) is 32.3 Å². The van der Waals surface area contributed by atoms with Crippen LogP contribution >= 0.6 is 23.1 Å². The average Bonchev–Trinajstić information content (AvgIpc) is 3.31. The van der Waals surface area contributed by atoms with Gasteiger partial charge in [0.25, 0.3) is 5.91 Å². The highest BCUT2D eigenvalue weighted by molar-refractivity contribution is 7.98. The predicted molar refractivity (Wildman–Crippen MR) is 111 cm³/mol. The van der Waals surface area contributed by atoms with Crippen LogP contribution in [-0.4, -0.2) is 23.2 Å². The van der Waals surface area contributed by atoms with Crippen molar-refractivity contribution in [3.05, 3.63) is 65.5 Å². The summed E-state index contributed by atoms with van der Waals surface area (Å²) < 4.78 is 11.4. The van der Waals surface area contributed by atoms with Crippen molar-refractivity contribution >= 4 is 44.4 Å². The summed E-state index contributed by atoms with van der Waals surface area (Å²) in [4.78, 5) is 18.2. The second-order valence-corrected chi connectivity index (χ2v) is 8.07. The van der Waals surface area contributed by atoms with E-state index in [9.17, 15) is 4.79 Å². The molecule has 0 aliphatic carbocycles. The Morgan fingerprint density at radius 1 is 1.25 bits per heavy atom. The first kappa shape index (κ1) is 18.5. The first-order chi connectivity index (χ1) is 13.6. The van der Waals surface area contributed by atoms with Gasteiger partial charge < -0.3 is 9.26 Å². The molecule has 1 amide bonds. The van der Waals surface area contributed by atoms with Crippen molar-refractivity contribution in [2.45, 2.75) is 17.6 Å². The highest BCUT2D eigenvalue weighted by atomic mass is 32.2. The van der Waals surface area contributed by atoms with E-state index in [-0.39, 0.29) is 5.91 Å². The minimum atomic E-state index is -0.192. The molecule has 0 aliphatic heterocycles. The number of fused-ring (bicyclic) bond motifs is 1. The van der Waals surface area contributed by atoms with Crippen LogP contribution in [0.1, 0.15) is 21.8 Å². The van der Waals surface area contributed by atoms with Gasteiger partial charge in [-0.15, -0.1) is 11.8 Å². The number of carbonyl (C=O) groups excluding carboxylic acids is 1. The van der Waals surface area contributed by atoms with Crippen molar-refractivity contribution in [3.8, 4) is 5.75 Å². The summed E-state index contributed by atoms with van der Waals surface area (Å²) in [6, 6.07) is 15.0. The average molecular weight is 412 g/mol. The maximum absolute atomic E-state index is 12.8. The molecule has 0 saturated carbocycles. The predicted octanol–water partition coefficient (Wildman–Crippen LogP) is 5.15. The second-order valence-electron chi connectivity index (χ2n) is 6.03. The molecule has 142 valence electrons. The monoisotopic (exact) mass is 411 g/mol. The molecule has 8 heteroatoms. The van der Waals surface area contributed by atoms with Crippen molar-refractivity contribution in [2.24, 2.45) is 0 Å². The molecular weight excluding hydrogens is 394 g/mol. The number of anilines is 1. The molecule has 0 spiro atoms. The number of ether oxygens (including phenoxy) is 1. The lowest BCUT2D eigenvalue weighted by molar-refractivity contribution is 0.102. The number of hydrogen-bond acceptors (Lipinski definition) is 7. The van der Waals surface area contributed by atoms with Crippen molar-refractivity contribution < 1.29 is 14.1 Å². The number of thioether (sulfide) groups is 1. The van der Waals surface area contributed by atoms with Crippen LogP contribution in [0.15, 0.2) is 57.9 Å². The highest BCUT2D eigenvalue weighted by Crippen LogP contribution is 2.31. The normalized spacial score (nSPS) is 10.9. The second kappa shape index (κ2) is 8.04. The zero-order chi connectivity index (χ0) is 19.5. The number of rotatable bonds is 6. The molecule has 4 aromatic rings. The first-order valence-corrected chi connectivity index (χ1v) is 10.3. The first-order valence-electron chi connectivity index (χ1n) is 8.52. The van der Waals surface area contributed by atoms with Crippen LogP contribution < -0.4 is 10.1 Å². The Bertz CT molecular complexity index is 1140. The van der Waals surface area contributed by atoms with Gasteiger partial charge in [-0.2, -0.15) is 0 Å². The zero-order valence-electron chi connectivity index (χ0n) is 15.3. The molecule has 0 aliphatic rings. The van der Waals surface area contributed by atoms with Crippen molar-refractivity contribution in [1.82, 2.24) is 10.1 Å².